The van der Waals surface area contributed by atoms with Crippen LogP contribution in [0, 0.1) is 0 Å². The maximum atomic E-state index is 12.7. The van der Waals surface area contributed by atoms with Crippen LogP contribution in [0.5, 0.6) is 0 Å². The summed E-state index contributed by atoms with van der Waals surface area (Å²) in [6, 6.07) is 13.5. The summed E-state index contributed by atoms with van der Waals surface area (Å²) in [6.07, 6.45) is 4.44. The zero-order valence-electron chi connectivity index (χ0n) is 14.1. The lowest BCUT2D eigenvalue weighted by Gasteiger charge is -2.16. The summed E-state index contributed by atoms with van der Waals surface area (Å²) in [5.74, 6) is 0.312. The first-order chi connectivity index (χ1) is 12.3. The molecule has 1 saturated heterocycles. The Morgan fingerprint density at radius 1 is 1.08 bits per heavy atom. The normalized spacial score (nSPS) is 16.1. The Hall–Kier alpha value is -2.70. The van der Waals surface area contributed by atoms with Crippen LogP contribution in [0.15, 0.2) is 54.9 Å². The van der Waals surface area contributed by atoms with Gasteiger partial charge in [0.2, 0.25) is 0 Å². The van der Waals surface area contributed by atoms with E-state index < -0.39 is 0 Å². The second-order valence-electron chi connectivity index (χ2n) is 6.06. The topological polar surface area (TPSA) is 78.9 Å². The highest BCUT2D eigenvalue weighted by molar-refractivity contribution is 6.13. The number of nitrogens with one attached hydrogen (secondary N) is 3. The summed E-state index contributed by atoms with van der Waals surface area (Å²) >= 11 is 0. The number of anilines is 2. The van der Waals surface area contributed by atoms with E-state index in [4.69, 9.17) is 0 Å². The summed E-state index contributed by atoms with van der Waals surface area (Å²) in [4.78, 5) is 21.2. The lowest BCUT2D eigenvalue weighted by atomic mass is 10.1. The molecule has 2 aromatic heterocycles. The highest BCUT2D eigenvalue weighted by atomic mass is 35.5. The highest BCUT2D eigenvalue weighted by Crippen LogP contribution is 2.26. The van der Waals surface area contributed by atoms with E-state index in [1.165, 1.54) is 0 Å². The van der Waals surface area contributed by atoms with Crippen molar-refractivity contribution in [1.82, 2.24) is 15.3 Å². The fourth-order valence-electron chi connectivity index (χ4n) is 3.10. The second-order valence-corrected chi connectivity index (χ2v) is 6.06. The van der Waals surface area contributed by atoms with Gasteiger partial charge in [-0.2, -0.15) is 0 Å². The van der Waals surface area contributed by atoms with Crippen LogP contribution in [0.3, 0.4) is 0 Å². The summed E-state index contributed by atoms with van der Waals surface area (Å²) < 4.78 is 0. The number of hydrogen-bond donors (Lipinski definition) is 3. The molecule has 0 bridgehead atoms. The molecule has 6 nitrogen and oxygen atoms in total. The van der Waals surface area contributed by atoms with Gasteiger partial charge < -0.3 is 16.0 Å². The summed E-state index contributed by atoms with van der Waals surface area (Å²) in [5, 5.41) is 10.7. The Bertz CT molecular complexity index is 897. The average Bonchev–Trinajstić information content (AvgIpc) is 3.16. The third kappa shape index (κ3) is 3.76. The molecule has 0 saturated carbocycles. The van der Waals surface area contributed by atoms with E-state index in [0.29, 0.717) is 22.9 Å². The van der Waals surface area contributed by atoms with E-state index in [-0.39, 0.29) is 18.3 Å². The van der Waals surface area contributed by atoms with Crippen LogP contribution in [0.4, 0.5) is 11.5 Å². The third-order valence-corrected chi connectivity index (χ3v) is 4.34. The predicted octanol–water partition coefficient (Wildman–Crippen LogP) is 3.08. The zero-order chi connectivity index (χ0) is 17.1. The molecule has 3 heterocycles. The van der Waals surface area contributed by atoms with Crippen molar-refractivity contribution in [2.45, 2.75) is 12.5 Å². The number of carbonyl (C=O) groups is 1. The van der Waals surface area contributed by atoms with E-state index in [0.717, 1.165) is 30.6 Å². The Labute approximate surface area is 157 Å². The maximum absolute atomic E-state index is 12.7. The van der Waals surface area contributed by atoms with E-state index in [2.05, 4.69) is 25.9 Å². The van der Waals surface area contributed by atoms with Crippen LogP contribution in [0.25, 0.3) is 10.9 Å². The molecule has 1 fully saturated rings. The van der Waals surface area contributed by atoms with Crippen molar-refractivity contribution in [3.8, 4) is 0 Å². The van der Waals surface area contributed by atoms with Crippen LogP contribution in [-0.4, -0.2) is 35.0 Å². The average molecular weight is 370 g/mol. The van der Waals surface area contributed by atoms with Crippen LogP contribution in [-0.2, 0) is 0 Å². The summed E-state index contributed by atoms with van der Waals surface area (Å²) in [7, 11) is 0. The molecule has 1 aliphatic heterocycles. The first kappa shape index (κ1) is 18.1. The molecule has 3 N–H and O–H groups in total. The lowest BCUT2D eigenvalue weighted by Crippen LogP contribution is -2.22. The number of rotatable bonds is 4. The minimum absolute atomic E-state index is 0. The zero-order valence-corrected chi connectivity index (χ0v) is 14.9. The van der Waals surface area contributed by atoms with Gasteiger partial charge in [-0.1, -0.05) is 6.07 Å². The van der Waals surface area contributed by atoms with Crippen LogP contribution >= 0.6 is 12.4 Å². The van der Waals surface area contributed by atoms with Gasteiger partial charge in [0.25, 0.3) is 5.91 Å². The number of fused-ring (bicyclic) bond motifs is 1. The van der Waals surface area contributed by atoms with Crippen molar-refractivity contribution in [1.29, 1.82) is 0 Å². The fourth-order valence-corrected chi connectivity index (χ4v) is 3.10. The third-order valence-electron chi connectivity index (χ3n) is 4.34. The monoisotopic (exact) mass is 369 g/mol. The van der Waals surface area contributed by atoms with Crippen LogP contribution in [0.1, 0.15) is 16.8 Å². The Balaban J connectivity index is 0.00000196. The molecule has 1 aromatic carbocycles. The Morgan fingerprint density at radius 3 is 2.73 bits per heavy atom. The summed E-state index contributed by atoms with van der Waals surface area (Å²) in [5.41, 5.74) is 2.23. The van der Waals surface area contributed by atoms with E-state index >= 15 is 0 Å². The molecule has 4 rings (SSSR count). The minimum Gasteiger partial charge on any atom is -0.380 e. The molecular weight excluding hydrogens is 350 g/mol. The number of amides is 1. The smallest absolute Gasteiger partial charge is 0.259 e. The van der Waals surface area contributed by atoms with E-state index in [1.54, 1.807) is 18.5 Å². The van der Waals surface area contributed by atoms with Gasteiger partial charge in [0.1, 0.15) is 5.82 Å². The molecule has 1 atom stereocenters. The largest absolute Gasteiger partial charge is 0.380 e. The van der Waals surface area contributed by atoms with Gasteiger partial charge in [-0.05, 0) is 49.4 Å². The van der Waals surface area contributed by atoms with Crippen molar-refractivity contribution in [3.05, 3.63) is 60.4 Å². The van der Waals surface area contributed by atoms with Gasteiger partial charge in [-0.25, -0.2) is 4.98 Å². The standard InChI is InChI=1S/C19H19N5O.ClH/c25-19(24-17-5-1-2-9-21-17)15-6-7-16(23-13-8-11-20-12-13)14-4-3-10-22-18(14)15;/h1-7,9-10,13,20,23H,8,11-12H2,(H,21,24,25);1H/t13-;/m0./s1. The Kier molecular flexibility index (Phi) is 5.65. The molecule has 134 valence electrons. The molecule has 0 unspecified atom stereocenters. The van der Waals surface area contributed by atoms with Crippen molar-refractivity contribution >= 4 is 40.7 Å². The van der Waals surface area contributed by atoms with Gasteiger partial charge in [0.15, 0.2) is 0 Å². The quantitative estimate of drug-likeness (QED) is 0.658. The Morgan fingerprint density at radius 2 is 1.96 bits per heavy atom. The van der Waals surface area contributed by atoms with Crippen molar-refractivity contribution in [2.24, 2.45) is 0 Å². The molecule has 26 heavy (non-hydrogen) atoms. The van der Waals surface area contributed by atoms with Crippen LogP contribution < -0.4 is 16.0 Å². The highest BCUT2D eigenvalue weighted by Gasteiger charge is 2.18. The van der Waals surface area contributed by atoms with E-state index in [1.807, 2.05) is 36.4 Å². The summed E-state index contributed by atoms with van der Waals surface area (Å²) in [6.45, 7) is 1.97. The molecule has 1 amide bonds. The van der Waals surface area contributed by atoms with Gasteiger partial charge in [0.05, 0.1) is 11.1 Å². The van der Waals surface area contributed by atoms with Gasteiger partial charge >= 0.3 is 0 Å². The number of carbonyl (C=O) groups excluding carboxylic acids is 1. The number of nitrogens with zero attached hydrogens (tertiary/aromatic N) is 2. The van der Waals surface area contributed by atoms with Gasteiger partial charge in [-0.3, -0.25) is 9.78 Å². The number of halogens is 1. The molecule has 0 radical (unpaired) electrons. The van der Waals surface area contributed by atoms with Crippen molar-refractivity contribution < 1.29 is 4.79 Å². The van der Waals surface area contributed by atoms with Crippen molar-refractivity contribution in [3.63, 3.8) is 0 Å². The number of benzene rings is 1. The molecule has 7 heteroatoms. The molecule has 0 spiro atoms. The number of aromatic nitrogens is 2. The molecule has 0 aliphatic carbocycles. The SMILES string of the molecule is Cl.O=C(Nc1ccccn1)c1ccc(N[C@H]2CCNC2)c2cccnc12. The first-order valence-corrected chi connectivity index (χ1v) is 8.38. The fraction of sp³-hybridized carbons (Fsp3) is 0.211. The van der Waals surface area contributed by atoms with Gasteiger partial charge in [-0.15, -0.1) is 12.4 Å². The predicted molar refractivity (Wildman–Crippen MR) is 106 cm³/mol. The van der Waals surface area contributed by atoms with E-state index in [9.17, 15) is 4.79 Å². The van der Waals surface area contributed by atoms with Crippen molar-refractivity contribution in [2.75, 3.05) is 23.7 Å². The number of pyridine rings is 2. The minimum atomic E-state index is -0.212. The van der Waals surface area contributed by atoms with Gasteiger partial charge in [0, 0.05) is 36.1 Å². The maximum Gasteiger partial charge on any atom is 0.259 e. The number of hydrogen-bond acceptors (Lipinski definition) is 5. The lowest BCUT2D eigenvalue weighted by molar-refractivity contribution is 0.102. The van der Waals surface area contributed by atoms with Crippen LogP contribution in [0.2, 0.25) is 0 Å². The first-order valence-electron chi connectivity index (χ1n) is 8.38. The second kappa shape index (κ2) is 8.12. The molecular formula is C19H20ClN5O. The molecule has 3 aromatic rings. The molecule has 1 aliphatic rings.